The minimum absolute atomic E-state index is 0.811. The van der Waals surface area contributed by atoms with Crippen molar-refractivity contribution >= 4 is 0 Å². The highest BCUT2D eigenvalue weighted by molar-refractivity contribution is 4.98. The summed E-state index contributed by atoms with van der Waals surface area (Å²) in [6, 6.07) is 5.72. The van der Waals surface area contributed by atoms with Crippen molar-refractivity contribution < 1.29 is 4.42 Å². The first kappa shape index (κ1) is 26.2. The second-order valence-electron chi connectivity index (χ2n) is 7.03. The van der Waals surface area contributed by atoms with E-state index in [0.29, 0.717) is 0 Å². The van der Waals surface area contributed by atoms with Crippen molar-refractivity contribution in [2.45, 2.75) is 106 Å². The van der Waals surface area contributed by atoms with Crippen LogP contribution in [0.3, 0.4) is 0 Å². The molecule has 2 aliphatic rings. The summed E-state index contributed by atoms with van der Waals surface area (Å²) >= 11 is 0. The molecule has 27 heavy (non-hydrogen) atoms. The molecule has 3 heteroatoms. The van der Waals surface area contributed by atoms with Gasteiger partial charge >= 0.3 is 0 Å². The lowest BCUT2D eigenvalue weighted by atomic mass is 9.89. The molecule has 2 aliphatic heterocycles. The molecule has 0 unspecified atom stereocenters. The van der Waals surface area contributed by atoms with Gasteiger partial charge in [0.25, 0.3) is 0 Å². The quantitative estimate of drug-likeness (QED) is 0.570. The van der Waals surface area contributed by atoms with E-state index < -0.39 is 0 Å². The Hall–Kier alpha value is -0.800. The van der Waals surface area contributed by atoms with Crippen LogP contribution in [0, 0.1) is 5.92 Å². The number of hydrogen-bond acceptors (Lipinski definition) is 3. The van der Waals surface area contributed by atoms with Crippen LogP contribution in [0.5, 0.6) is 0 Å². The molecule has 160 valence electrons. The normalized spacial score (nSPS) is 23.9. The van der Waals surface area contributed by atoms with Gasteiger partial charge in [0, 0.05) is 31.7 Å². The van der Waals surface area contributed by atoms with E-state index in [2.05, 4.69) is 29.7 Å². The minimum atomic E-state index is 0.811. The summed E-state index contributed by atoms with van der Waals surface area (Å²) in [4.78, 5) is 5.39. The smallest absolute Gasteiger partial charge is 0.117 e. The second-order valence-corrected chi connectivity index (χ2v) is 7.03. The van der Waals surface area contributed by atoms with Gasteiger partial charge in [-0.1, -0.05) is 55.4 Å². The maximum absolute atomic E-state index is 5.48. The molecule has 3 rings (SSSR count). The molecule has 2 saturated heterocycles. The molecule has 0 saturated carbocycles. The fourth-order valence-electron chi connectivity index (χ4n) is 4.16. The van der Waals surface area contributed by atoms with E-state index >= 15 is 0 Å². The topological polar surface area (TPSA) is 19.6 Å². The Morgan fingerprint density at radius 1 is 0.963 bits per heavy atom. The summed E-state index contributed by atoms with van der Waals surface area (Å²) in [5.41, 5.74) is 0. The van der Waals surface area contributed by atoms with Crippen LogP contribution in [0.4, 0.5) is 0 Å². The third-order valence-corrected chi connectivity index (χ3v) is 5.44. The largest absolute Gasteiger partial charge is 0.468 e. The predicted molar refractivity (Wildman–Crippen MR) is 120 cm³/mol. The molecule has 0 aliphatic carbocycles. The molecule has 3 nitrogen and oxygen atoms in total. The lowest BCUT2D eigenvalue weighted by Gasteiger charge is -2.46. The van der Waals surface area contributed by atoms with E-state index in [9.17, 15) is 0 Å². The average molecular weight is 381 g/mol. The zero-order valence-electron chi connectivity index (χ0n) is 19.6. The molecule has 3 heterocycles. The first-order valence-electron chi connectivity index (χ1n) is 11.8. The van der Waals surface area contributed by atoms with Crippen LogP contribution in [0.1, 0.15) is 93.3 Å². The zero-order valence-corrected chi connectivity index (χ0v) is 19.6. The van der Waals surface area contributed by atoms with Gasteiger partial charge in [-0.25, -0.2) is 0 Å². The molecule has 0 N–H and O–H groups in total. The lowest BCUT2D eigenvalue weighted by Crippen LogP contribution is -2.52. The monoisotopic (exact) mass is 380 g/mol. The van der Waals surface area contributed by atoms with Gasteiger partial charge < -0.3 is 4.42 Å². The molecule has 2 fully saturated rings. The van der Waals surface area contributed by atoms with Crippen LogP contribution in [0.25, 0.3) is 0 Å². The molecule has 0 amide bonds. The highest BCUT2D eigenvalue weighted by atomic mass is 16.3. The van der Waals surface area contributed by atoms with Crippen LogP contribution >= 0.6 is 0 Å². The lowest BCUT2D eigenvalue weighted by molar-refractivity contribution is 0.0280. The summed E-state index contributed by atoms with van der Waals surface area (Å²) in [6.45, 7) is 21.5. The number of nitrogens with zero attached hydrogens (tertiary/aromatic N) is 2. The molecule has 1 aromatic rings. The molecule has 0 aromatic carbocycles. The Kier molecular flexibility index (Phi) is 15.7. The van der Waals surface area contributed by atoms with Crippen molar-refractivity contribution in [2.75, 3.05) is 19.6 Å². The van der Waals surface area contributed by atoms with Crippen molar-refractivity contribution in [1.29, 1.82) is 0 Å². The Balaban J connectivity index is 0.00000103. The molecular weight excluding hydrogens is 332 g/mol. The Labute approximate surface area is 170 Å². The maximum atomic E-state index is 5.48. The van der Waals surface area contributed by atoms with Crippen LogP contribution < -0.4 is 0 Å². The summed E-state index contributed by atoms with van der Waals surface area (Å²) in [7, 11) is 0. The second kappa shape index (κ2) is 16.2. The minimum Gasteiger partial charge on any atom is -0.468 e. The standard InChI is InChI=1S/C18H30N2O.3C2H6/c1-3-16-7-6-15(2)13-20(16)17-8-10-19(11-9-17)14-18-5-4-12-21-18;3*1-2/h4-5,12,15-17H,3,6-11,13-14H2,1-2H3;3*1-2H3/t15-,16-;;;/m1.../s1. The third-order valence-electron chi connectivity index (χ3n) is 5.44. The van der Waals surface area contributed by atoms with E-state index in [1.165, 1.54) is 51.7 Å². The molecule has 0 radical (unpaired) electrons. The van der Waals surface area contributed by atoms with Crippen molar-refractivity contribution in [3.63, 3.8) is 0 Å². The van der Waals surface area contributed by atoms with Crippen LogP contribution in [0.15, 0.2) is 22.8 Å². The summed E-state index contributed by atoms with van der Waals surface area (Å²) < 4.78 is 5.48. The first-order chi connectivity index (χ1) is 13.3. The highest BCUT2D eigenvalue weighted by Crippen LogP contribution is 2.29. The van der Waals surface area contributed by atoms with Gasteiger partial charge in [-0.3, -0.25) is 9.80 Å². The summed E-state index contributed by atoms with van der Waals surface area (Å²) in [6.07, 6.45) is 8.58. The van der Waals surface area contributed by atoms with E-state index in [4.69, 9.17) is 4.42 Å². The van der Waals surface area contributed by atoms with Gasteiger partial charge in [-0.15, -0.1) is 0 Å². The van der Waals surface area contributed by atoms with Gasteiger partial charge in [0.2, 0.25) is 0 Å². The van der Waals surface area contributed by atoms with E-state index in [-0.39, 0.29) is 0 Å². The molecule has 2 atom stereocenters. The van der Waals surface area contributed by atoms with E-state index in [1.807, 2.05) is 47.6 Å². The Morgan fingerprint density at radius 3 is 2.11 bits per heavy atom. The van der Waals surface area contributed by atoms with Crippen LogP contribution in [-0.4, -0.2) is 41.5 Å². The first-order valence-corrected chi connectivity index (χ1v) is 11.8. The third kappa shape index (κ3) is 8.83. The number of furan rings is 1. The maximum Gasteiger partial charge on any atom is 0.117 e. The SMILES string of the molecule is CC.CC.CC.CC[C@@H]1CC[C@@H](C)CN1C1CCN(Cc2ccco2)CC1. The number of hydrogen-bond donors (Lipinski definition) is 0. The van der Waals surface area contributed by atoms with Crippen molar-refractivity contribution in [3.05, 3.63) is 24.2 Å². The Bertz CT molecular complexity index is 410. The number of rotatable bonds is 4. The zero-order chi connectivity index (χ0) is 20.7. The number of likely N-dealkylation sites (tertiary alicyclic amines) is 2. The van der Waals surface area contributed by atoms with E-state index in [0.717, 1.165) is 30.3 Å². The van der Waals surface area contributed by atoms with Gasteiger partial charge in [-0.2, -0.15) is 0 Å². The van der Waals surface area contributed by atoms with E-state index in [1.54, 1.807) is 6.26 Å². The average Bonchev–Trinajstić information content (AvgIpc) is 3.26. The van der Waals surface area contributed by atoms with Gasteiger partial charge in [-0.05, 0) is 50.2 Å². The van der Waals surface area contributed by atoms with Crippen molar-refractivity contribution in [1.82, 2.24) is 9.80 Å². The Morgan fingerprint density at radius 2 is 1.59 bits per heavy atom. The van der Waals surface area contributed by atoms with Crippen LogP contribution in [0.2, 0.25) is 0 Å². The summed E-state index contributed by atoms with van der Waals surface area (Å²) in [5, 5.41) is 0. The van der Waals surface area contributed by atoms with Crippen molar-refractivity contribution in [2.24, 2.45) is 5.92 Å². The number of piperidine rings is 2. The molecule has 0 bridgehead atoms. The highest BCUT2D eigenvalue weighted by Gasteiger charge is 2.32. The van der Waals surface area contributed by atoms with Gasteiger partial charge in [0.05, 0.1) is 12.8 Å². The fraction of sp³-hybridized carbons (Fsp3) is 0.833. The van der Waals surface area contributed by atoms with Gasteiger partial charge in [0.1, 0.15) is 5.76 Å². The van der Waals surface area contributed by atoms with Crippen molar-refractivity contribution in [3.8, 4) is 0 Å². The van der Waals surface area contributed by atoms with Gasteiger partial charge in [0.15, 0.2) is 0 Å². The molecule has 1 aromatic heterocycles. The predicted octanol–water partition coefficient (Wildman–Crippen LogP) is 6.83. The molecule has 0 spiro atoms. The van der Waals surface area contributed by atoms with Crippen LogP contribution in [-0.2, 0) is 6.54 Å². The summed E-state index contributed by atoms with van der Waals surface area (Å²) in [5.74, 6) is 1.99. The molecular formula is C24H48N2O. The fourth-order valence-corrected chi connectivity index (χ4v) is 4.16.